The van der Waals surface area contributed by atoms with Gasteiger partial charge in [0.05, 0.1) is 18.2 Å². The zero-order valence-electron chi connectivity index (χ0n) is 18.0. The zero-order chi connectivity index (χ0) is 22.7. The minimum atomic E-state index is -0.512. The molecule has 3 aromatic carbocycles. The van der Waals surface area contributed by atoms with E-state index < -0.39 is 5.63 Å². The van der Waals surface area contributed by atoms with Crippen molar-refractivity contribution in [3.05, 3.63) is 99.5 Å². The van der Waals surface area contributed by atoms with Gasteiger partial charge in [-0.05, 0) is 61.4 Å². The molecule has 32 heavy (non-hydrogen) atoms. The lowest BCUT2D eigenvalue weighted by Crippen LogP contribution is -2.14. The number of benzene rings is 3. The molecule has 4 rings (SSSR count). The molecule has 6 heteroatoms. The van der Waals surface area contributed by atoms with Crippen LogP contribution >= 0.6 is 0 Å². The minimum Gasteiger partial charge on any atom is -0.497 e. The summed E-state index contributed by atoms with van der Waals surface area (Å²) >= 11 is 0. The van der Waals surface area contributed by atoms with Gasteiger partial charge in [-0.3, -0.25) is 4.79 Å². The lowest BCUT2D eigenvalue weighted by atomic mass is 10.0. The second-order valence-corrected chi connectivity index (χ2v) is 7.47. The number of aromatic nitrogens is 1. The van der Waals surface area contributed by atoms with Gasteiger partial charge in [0.1, 0.15) is 5.75 Å². The van der Waals surface area contributed by atoms with Crippen LogP contribution in [0, 0.1) is 13.8 Å². The van der Waals surface area contributed by atoms with Gasteiger partial charge in [-0.25, -0.2) is 4.79 Å². The maximum atomic E-state index is 13.3. The fraction of sp³-hybridized carbons (Fsp3) is 0.115. The Kier molecular flexibility index (Phi) is 5.85. The summed E-state index contributed by atoms with van der Waals surface area (Å²) in [5, 5.41) is 7.76. The molecule has 0 aliphatic heterocycles. The first-order valence-corrected chi connectivity index (χ1v) is 10.1. The van der Waals surface area contributed by atoms with E-state index in [2.05, 4.69) is 10.5 Å². The van der Waals surface area contributed by atoms with E-state index in [-0.39, 0.29) is 5.91 Å². The van der Waals surface area contributed by atoms with Crippen LogP contribution in [0.25, 0.3) is 22.4 Å². The predicted octanol–water partition coefficient (Wildman–Crippen LogP) is 4.99. The lowest BCUT2D eigenvalue weighted by Gasteiger charge is -2.12. The van der Waals surface area contributed by atoms with Crippen molar-refractivity contribution in [1.82, 2.24) is 5.16 Å². The van der Waals surface area contributed by atoms with Crippen molar-refractivity contribution in [2.45, 2.75) is 13.8 Å². The fourth-order valence-electron chi connectivity index (χ4n) is 3.48. The molecule has 0 atom stereocenters. The highest BCUT2D eigenvalue weighted by Crippen LogP contribution is 2.25. The third-order valence-electron chi connectivity index (χ3n) is 5.15. The number of fused-ring (bicyclic) bond motifs is 1. The average molecular weight is 426 g/mol. The largest absolute Gasteiger partial charge is 0.497 e. The fourth-order valence-corrected chi connectivity index (χ4v) is 3.48. The molecule has 0 aliphatic carbocycles. The number of amides is 1. The first-order valence-electron chi connectivity index (χ1n) is 10.1. The number of aryl methyl sites for hydroxylation is 2. The number of carbonyl (C=O) groups is 1. The zero-order valence-corrected chi connectivity index (χ0v) is 18.0. The molecule has 0 aliphatic rings. The number of hydrogen-bond acceptors (Lipinski definition) is 5. The number of hydrogen-bond donors (Lipinski definition) is 1. The van der Waals surface area contributed by atoms with Gasteiger partial charge in [-0.1, -0.05) is 47.1 Å². The molecule has 0 saturated heterocycles. The molecule has 6 nitrogen and oxygen atoms in total. The first kappa shape index (κ1) is 21.1. The van der Waals surface area contributed by atoms with Crippen LogP contribution in [0.3, 0.4) is 0 Å². The monoisotopic (exact) mass is 426 g/mol. The van der Waals surface area contributed by atoms with Crippen LogP contribution in [0.5, 0.6) is 5.75 Å². The number of anilines is 1. The molecule has 0 bridgehead atoms. The van der Waals surface area contributed by atoms with Crippen molar-refractivity contribution >= 4 is 34.0 Å². The van der Waals surface area contributed by atoms with Gasteiger partial charge in [0.15, 0.2) is 0 Å². The Labute approximate surface area is 185 Å². The van der Waals surface area contributed by atoms with E-state index in [4.69, 9.17) is 9.26 Å². The van der Waals surface area contributed by atoms with Crippen LogP contribution in [0.1, 0.15) is 22.4 Å². The van der Waals surface area contributed by atoms with Gasteiger partial charge in [-0.15, -0.1) is 0 Å². The van der Waals surface area contributed by atoms with Crippen LogP contribution < -0.4 is 15.7 Å². The second-order valence-electron chi connectivity index (χ2n) is 7.47. The molecule has 1 amide bonds. The van der Waals surface area contributed by atoms with Crippen molar-refractivity contribution in [1.29, 1.82) is 0 Å². The molecular weight excluding hydrogens is 404 g/mol. The molecule has 1 N–H and O–H groups in total. The van der Waals surface area contributed by atoms with Crippen molar-refractivity contribution in [2.75, 3.05) is 12.4 Å². The van der Waals surface area contributed by atoms with Crippen molar-refractivity contribution in [2.24, 2.45) is 0 Å². The number of carbonyl (C=O) groups excluding carboxylic acids is 1. The highest BCUT2D eigenvalue weighted by atomic mass is 16.5. The standard InChI is InChI=1S/C26H22N2O4/c1-16-5-4-6-18(13-16)14-24(19-7-10-21(31-3)11-8-19)25(29)27-20-9-12-22-23(15-20)17(2)28-32-26(22)30/h4-15H,1-3H3,(H,27,29)/b24-14+. The number of nitrogens with one attached hydrogen (secondary N) is 1. The van der Waals surface area contributed by atoms with Crippen molar-refractivity contribution in [3.8, 4) is 5.75 Å². The van der Waals surface area contributed by atoms with Crippen LogP contribution in [0.15, 0.2) is 76.0 Å². The first-order chi connectivity index (χ1) is 15.4. The van der Waals surface area contributed by atoms with E-state index in [0.29, 0.717) is 33.5 Å². The molecule has 0 radical (unpaired) electrons. The maximum absolute atomic E-state index is 13.3. The van der Waals surface area contributed by atoms with Gasteiger partial charge >= 0.3 is 5.63 Å². The number of rotatable bonds is 5. The number of ether oxygens (including phenoxy) is 1. The van der Waals surface area contributed by atoms with Crippen molar-refractivity contribution < 1.29 is 14.1 Å². The maximum Gasteiger partial charge on any atom is 0.366 e. The summed E-state index contributed by atoms with van der Waals surface area (Å²) < 4.78 is 10.0. The minimum absolute atomic E-state index is 0.274. The Balaban J connectivity index is 1.73. The van der Waals surface area contributed by atoms with E-state index in [0.717, 1.165) is 16.7 Å². The van der Waals surface area contributed by atoms with E-state index >= 15 is 0 Å². The lowest BCUT2D eigenvalue weighted by molar-refractivity contribution is -0.111. The molecule has 1 aromatic heterocycles. The predicted molar refractivity (Wildman–Crippen MR) is 126 cm³/mol. The van der Waals surface area contributed by atoms with E-state index in [1.807, 2.05) is 61.5 Å². The Morgan fingerprint density at radius 1 is 1.00 bits per heavy atom. The van der Waals surface area contributed by atoms with Crippen molar-refractivity contribution in [3.63, 3.8) is 0 Å². The van der Waals surface area contributed by atoms with Crippen LogP contribution in [0.4, 0.5) is 5.69 Å². The summed E-state index contributed by atoms with van der Waals surface area (Å²) in [6.45, 7) is 3.75. The molecule has 160 valence electrons. The molecule has 1 heterocycles. The van der Waals surface area contributed by atoms with Crippen LogP contribution in [0.2, 0.25) is 0 Å². The summed E-state index contributed by atoms with van der Waals surface area (Å²) in [4.78, 5) is 25.2. The summed E-state index contributed by atoms with van der Waals surface area (Å²) in [6, 6.07) is 20.3. The summed E-state index contributed by atoms with van der Waals surface area (Å²) in [7, 11) is 1.60. The molecule has 4 aromatic rings. The molecule has 0 fully saturated rings. The van der Waals surface area contributed by atoms with Gasteiger partial charge in [0, 0.05) is 16.6 Å². The van der Waals surface area contributed by atoms with Gasteiger partial charge < -0.3 is 14.6 Å². The highest BCUT2D eigenvalue weighted by Gasteiger charge is 2.14. The number of methoxy groups -OCH3 is 1. The molecular formula is C26H22N2O4. The summed E-state index contributed by atoms with van der Waals surface area (Å²) in [5.74, 6) is 0.435. The average Bonchev–Trinajstić information content (AvgIpc) is 2.80. The van der Waals surface area contributed by atoms with Crippen LogP contribution in [-0.2, 0) is 4.79 Å². The third kappa shape index (κ3) is 4.44. The topological polar surface area (TPSA) is 81.4 Å². The Bertz CT molecular complexity index is 1390. The SMILES string of the molecule is COc1ccc(/C(=C\c2cccc(C)c2)C(=O)Nc2ccc3c(=O)onc(C)c3c2)cc1. The summed E-state index contributed by atoms with van der Waals surface area (Å²) in [6.07, 6.45) is 1.85. The number of nitrogens with zero attached hydrogens (tertiary/aromatic N) is 1. The molecule has 0 spiro atoms. The second kappa shape index (κ2) is 8.89. The third-order valence-corrected chi connectivity index (χ3v) is 5.15. The van der Waals surface area contributed by atoms with E-state index in [1.54, 1.807) is 32.2 Å². The van der Waals surface area contributed by atoms with Gasteiger partial charge in [0.2, 0.25) is 0 Å². The Hall–Kier alpha value is -4.19. The van der Waals surface area contributed by atoms with E-state index in [9.17, 15) is 9.59 Å². The Morgan fingerprint density at radius 3 is 2.50 bits per heavy atom. The smallest absolute Gasteiger partial charge is 0.366 e. The van der Waals surface area contributed by atoms with Crippen LogP contribution in [-0.4, -0.2) is 18.2 Å². The Morgan fingerprint density at radius 2 is 1.78 bits per heavy atom. The molecule has 0 saturated carbocycles. The normalized spacial score (nSPS) is 11.4. The highest BCUT2D eigenvalue weighted by molar-refractivity contribution is 6.29. The molecule has 0 unspecified atom stereocenters. The van der Waals surface area contributed by atoms with Gasteiger partial charge in [0.25, 0.3) is 5.91 Å². The quantitative estimate of drug-likeness (QED) is 0.359. The van der Waals surface area contributed by atoms with E-state index in [1.165, 1.54) is 0 Å². The van der Waals surface area contributed by atoms with Gasteiger partial charge in [-0.2, -0.15) is 0 Å². The summed E-state index contributed by atoms with van der Waals surface area (Å²) in [5.41, 5.74) is 3.89.